The van der Waals surface area contributed by atoms with Crippen molar-refractivity contribution in [2.24, 2.45) is 0 Å². The first-order valence-electron chi connectivity index (χ1n) is 8.38. The maximum absolute atomic E-state index is 12.3. The third-order valence-corrected chi connectivity index (χ3v) is 4.63. The molecule has 1 amide bonds. The highest BCUT2D eigenvalue weighted by Gasteiger charge is 2.30. The average molecular weight is 347 g/mol. The van der Waals surface area contributed by atoms with Crippen LogP contribution in [0.2, 0.25) is 0 Å². The Kier molecular flexibility index (Phi) is 4.05. The Balaban J connectivity index is 1.88. The van der Waals surface area contributed by atoms with E-state index >= 15 is 0 Å². The summed E-state index contributed by atoms with van der Waals surface area (Å²) in [4.78, 5) is 23.2. The van der Waals surface area contributed by atoms with Gasteiger partial charge in [0.05, 0.1) is 0 Å². The quantitative estimate of drug-likeness (QED) is 0.753. The van der Waals surface area contributed by atoms with Gasteiger partial charge in [-0.15, -0.1) is 0 Å². The van der Waals surface area contributed by atoms with Gasteiger partial charge in [0.2, 0.25) is 5.91 Å². The molecular weight excluding hydrogens is 330 g/mol. The third kappa shape index (κ3) is 2.88. The minimum atomic E-state index is -1.04. The minimum absolute atomic E-state index is 0.0641. The third-order valence-electron chi connectivity index (χ3n) is 4.63. The summed E-state index contributed by atoms with van der Waals surface area (Å²) in [6.45, 7) is -0.418. The lowest BCUT2D eigenvalue weighted by Gasteiger charge is -2.28. The number of carboxylic acids is 1. The monoisotopic (exact) mass is 347 g/mol. The van der Waals surface area contributed by atoms with Crippen LogP contribution in [-0.2, 0) is 9.59 Å². The smallest absolute Gasteiger partial charge is 0.341 e. The van der Waals surface area contributed by atoms with Crippen LogP contribution < -0.4 is 10.1 Å². The number of carboxylic acid groups (broad SMARTS) is 1. The zero-order valence-corrected chi connectivity index (χ0v) is 13.9. The Labute approximate surface area is 150 Å². The van der Waals surface area contributed by atoms with Gasteiger partial charge < -0.3 is 15.2 Å². The second-order valence-electron chi connectivity index (χ2n) is 6.27. The Hall–Kier alpha value is -3.34. The summed E-state index contributed by atoms with van der Waals surface area (Å²) in [6, 6.07) is 19.3. The van der Waals surface area contributed by atoms with Crippen molar-refractivity contribution in [2.45, 2.75) is 12.3 Å². The molecule has 26 heavy (non-hydrogen) atoms. The molecule has 3 aromatic rings. The SMILES string of the molecule is O=C(O)COc1ccccc1[C@H]1CC(=O)Nc2ccc3ccccc3c21. The largest absolute Gasteiger partial charge is 0.482 e. The van der Waals surface area contributed by atoms with Gasteiger partial charge in [-0.2, -0.15) is 0 Å². The van der Waals surface area contributed by atoms with E-state index in [2.05, 4.69) is 5.32 Å². The molecule has 5 heteroatoms. The van der Waals surface area contributed by atoms with Crippen molar-refractivity contribution in [3.63, 3.8) is 0 Å². The molecule has 3 aromatic carbocycles. The maximum Gasteiger partial charge on any atom is 0.341 e. The highest BCUT2D eigenvalue weighted by atomic mass is 16.5. The van der Waals surface area contributed by atoms with E-state index in [0.29, 0.717) is 5.75 Å². The van der Waals surface area contributed by atoms with Crippen molar-refractivity contribution in [3.8, 4) is 5.75 Å². The standard InChI is InChI=1S/C21H17NO4/c23-19-11-16(15-7-3-4-8-18(15)26-12-20(24)25)21-14-6-2-1-5-13(14)9-10-17(21)22-19/h1-10,16H,11-12H2,(H,22,23)(H,24,25)/t16-/m1/s1. The molecule has 0 spiro atoms. The Morgan fingerprint density at radius 2 is 1.85 bits per heavy atom. The lowest BCUT2D eigenvalue weighted by molar-refractivity contribution is -0.139. The topological polar surface area (TPSA) is 75.6 Å². The number of carbonyl (C=O) groups is 2. The summed E-state index contributed by atoms with van der Waals surface area (Å²) in [5.74, 6) is -0.804. The predicted octanol–water partition coefficient (Wildman–Crippen LogP) is 3.78. The van der Waals surface area contributed by atoms with Crippen molar-refractivity contribution in [1.82, 2.24) is 0 Å². The molecular formula is C21H17NO4. The van der Waals surface area contributed by atoms with E-state index in [1.807, 2.05) is 48.5 Å². The first kappa shape index (κ1) is 16.1. The summed E-state index contributed by atoms with van der Waals surface area (Å²) in [5, 5.41) is 14.0. The van der Waals surface area contributed by atoms with Gasteiger partial charge in [-0.05, 0) is 28.5 Å². The number of aliphatic carboxylic acids is 1. The Morgan fingerprint density at radius 1 is 1.08 bits per heavy atom. The average Bonchev–Trinajstić information content (AvgIpc) is 2.65. The summed E-state index contributed by atoms with van der Waals surface area (Å²) in [5.41, 5.74) is 2.65. The van der Waals surface area contributed by atoms with Gasteiger partial charge in [0.15, 0.2) is 6.61 Å². The molecule has 0 saturated heterocycles. The lowest BCUT2D eigenvalue weighted by Crippen LogP contribution is -2.24. The number of para-hydroxylation sites is 1. The minimum Gasteiger partial charge on any atom is -0.482 e. The van der Waals surface area contributed by atoms with Crippen molar-refractivity contribution < 1.29 is 19.4 Å². The van der Waals surface area contributed by atoms with Crippen molar-refractivity contribution in [3.05, 3.63) is 71.8 Å². The Morgan fingerprint density at radius 3 is 2.69 bits per heavy atom. The number of benzene rings is 3. The van der Waals surface area contributed by atoms with E-state index in [0.717, 1.165) is 27.6 Å². The van der Waals surface area contributed by atoms with E-state index in [1.165, 1.54) is 0 Å². The first-order chi connectivity index (χ1) is 12.6. The molecule has 5 nitrogen and oxygen atoms in total. The fraction of sp³-hybridized carbons (Fsp3) is 0.143. The van der Waals surface area contributed by atoms with E-state index in [1.54, 1.807) is 12.1 Å². The van der Waals surface area contributed by atoms with Gasteiger partial charge in [0.1, 0.15) is 5.75 Å². The van der Waals surface area contributed by atoms with Crippen LogP contribution in [0.25, 0.3) is 10.8 Å². The fourth-order valence-electron chi connectivity index (χ4n) is 3.57. The molecule has 2 N–H and O–H groups in total. The number of amides is 1. The highest BCUT2D eigenvalue weighted by molar-refractivity contribution is 6.01. The van der Waals surface area contributed by atoms with E-state index in [4.69, 9.17) is 9.84 Å². The normalized spacial score (nSPS) is 16.0. The van der Waals surface area contributed by atoms with Crippen LogP contribution >= 0.6 is 0 Å². The zero-order chi connectivity index (χ0) is 18.1. The molecule has 130 valence electrons. The van der Waals surface area contributed by atoms with Crippen molar-refractivity contribution >= 4 is 28.3 Å². The highest BCUT2D eigenvalue weighted by Crippen LogP contribution is 2.44. The fourth-order valence-corrected chi connectivity index (χ4v) is 3.57. The van der Waals surface area contributed by atoms with E-state index in [-0.39, 0.29) is 18.2 Å². The first-order valence-corrected chi connectivity index (χ1v) is 8.38. The number of nitrogens with one attached hydrogen (secondary N) is 1. The van der Waals surface area contributed by atoms with Gasteiger partial charge in [0, 0.05) is 23.6 Å². The molecule has 1 atom stereocenters. The molecule has 0 fully saturated rings. The van der Waals surface area contributed by atoms with Crippen LogP contribution in [0.5, 0.6) is 5.75 Å². The van der Waals surface area contributed by atoms with Gasteiger partial charge in [0.25, 0.3) is 0 Å². The number of rotatable bonds is 4. The second kappa shape index (κ2) is 6.52. The molecule has 0 aromatic heterocycles. The van der Waals surface area contributed by atoms with Crippen LogP contribution in [0.1, 0.15) is 23.5 Å². The number of hydrogen-bond acceptors (Lipinski definition) is 3. The van der Waals surface area contributed by atoms with Gasteiger partial charge in [-0.25, -0.2) is 4.79 Å². The van der Waals surface area contributed by atoms with Crippen molar-refractivity contribution in [2.75, 3.05) is 11.9 Å². The summed E-state index contributed by atoms with van der Waals surface area (Å²) in [6.07, 6.45) is 0.286. The molecule has 0 aliphatic carbocycles. The number of carbonyl (C=O) groups excluding carboxylic acids is 1. The molecule has 1 aliphatic rings. The van der Waals surface area contributed by atoms with Gasteiger partial charge in [-0.3, -0.25) is 4.79 Å². The van der Waals surface area contributed by atoms with Crippen LogP contribution in [-0.4, -0.2) is 23.6 Å². The van der Waals surface area contributed by atoms with Crippen LogP contribution in [0.4, 0.5) is 5.69 Å². The van der Waals surface area contributed by atoms with Crippen LogP contribution in [0, 0.1) is 0 Å². The number of anilines is 1. The maximum atomic E-state index is 12.3. The second-order valence-corrected chi connectivity index (χ2v) is 6.27. The van der Waals surface area contributed by atoms with E-state index in [9.17, 15) is 9.59 Å². The molecule has 1 heterocycles. The van der Waals surface area contributed by atoms with Crippen molar-refractivity contribution in [1.29, 1.82) is 0 Å². The summed E-state index contributed by atoms with van der Waals surface area (Å²) < 4.78 is 5.48. The molecule has 4 rings (SSSR count). The summed E-state index contributed by atoms with van der Waals surface area (Å²) >= 11 is 0. The number of ether oxygens (including phenoxy) is 1. The molecule has 0 unspecified atom stereocenters. The lowest BCUT2D eigenvalue weighted by atomic mass is 9.81. The van der Waals surface area contributed by atoms with Gasteiger partial charge >= 0.3 is 5.97 Å². The van der Waals surface area contributed by atoms with Crippen LogP contribution in [0.15, 0.2) is 60.7 Å². The molecule has 0 saturated carbocycles. The zero-order valence-electron chi connectivity index (χ0n) is 13.9. The predicted molar refractivity (Wildman–Crippen MR) is 98.6 cm³/mol. The summed E-state index contributed by atoms with van der Waals surface area (Å²) in [7, 11) is 0. The van der Waals surface area contributed by atoms with Gasteiger partial charge in [-0.1, -0.05) is 48.5 Å². The molecule has 0 bridgehead atoms. The molecule has 0 radical (unpaired) electrons. The van der Waals surface area contributed by atoms with Crippen LogP contribution in [0.3, 0.4) is 0 Å². The molecule has 1 aliphatic heterocycles. The number of fused-ring (bicyclic) bond motifs is 3. The van der Waals surface area contributed by atoms with E-state index < -0.39 is 12.6 Å². The Bertz CT molecular complexity index is 1010. The number of hydrogen-bond donors (Lipinski definition) is 2.